The molecule has 0 saturated carbocycles. The van der Waals surface area contributed by atoms with Crippen molar-refractivity contribution in [1.82, 2.24) is 19.5 Å². The summed E-state index contributed by atoms with van der Waals surface area (Å²) in [4.78, 5) is 12.9. The predicted octanol–water partition coefficient (Wildman–Crippen LogP) is 4.87. The van der Waals surface area contributed by atoms with Crippen LogP contribution in [0.3, 0.4) is 0 Å². The molecule has 24 heavy (non-hydrogen) atoms. The molecule has 4 aromatic rings. The average Bonchev–Trinajstić information content (AvgIpc) is 2.92. The minimum absolute atomic E-state index is 0.551. The van der Waals surface area contributed by atoms with E-state index < -0.39 is 0 Å². The first-order valence-corrected chi connectivity index (χ1v) is 7.93. The molecule has 0 spiro atoms. The van der Waals surface area contributed by atoms with Gasteiger partial charge < -0.3 is 5.32 Å². The Bertz CT molecular complexity index is 994. The number of hydrogen-bond donors (Lipinski definition) is 1. The van der Waals surface area contributed by atoms with Gasteiger partial charge in [0.2, 0.25) is 5.95 Å². The van der Waals surface area contributed by atoms with E-state index in [0.29, 0.717) is 21.8 Å². The van der Waals surface area contributed by atoms with E-state index in [1.54, 1.807) is 24.4 Å². The lowest BCUT2D eigenvalue weighted by molar-refractivity contribution is 1.00. The average molecular weight is 356 g/mol. The molecule has 2 aromatic heterocycles. The fourth-order valence-corrected chi connectivity index (χ4v) is 3.04. The molecule has 5 nitrogen and oxygen atoms in total. The van der Waals surface area contributed by atoms with Gasteiger partial charge in [-0.1, -0.05) is 35.3 Å². The topological polar surface area (TPSA) is 55.6 Å². The van der Waals surface area contributed by atoms with Gasteiger partial charge in [0, 0.05) is 21.9 Å². The summed E-state index contributed by atoms with van der Waals surface area (Å²) < 4.78 is 1.92. The molecule has 0 aliphatic heterocycles. The summed E-state index contributed by atoms with van der Waals surface area (Å²) in [7, 11) is 0. The molecule has 0 unspecified atom stereocenters. The summed E-state index contributed by atoms with van der Waals surface area (Å²) in [5.74, 6) is 1.34. The van der Waals surface area contributed by atoms with E-state index in [1.165, 1.54) is 6.33 Å². The van der Waals surface area contributed by atoms with E-state index >= 15 is 0 Å². The lowest BCUT2D eigenvalue weighted by Gasteiger charge is -2.10. The van der Waals surface area contributed by atoms with Crippen molar-refractivity contribution < 1.29 is 0 Å². The third-order valence-electron chi connectivity index (χ3n) is 3.47. The smallest absolute Gasteiger partial charge is 0.214 e. The van der Waals surface area contributed by atoms with Crippen LogP contribution in [-0.4, -0.2) is 19.5 Å². The Labute approximate surface area is 147 Å². The molecule has 7 heteroatoms. The molecule has 0 atom stereocenters. The van der Waals surface area contributed by atoms with Gasteiger partial charge in [-0.2, -0.15) is 0 Å². The number of halogens is 2. The van der Waals surface area contributed by atoms with Gasteiger partial charge in [0.1, 0.15) is 12.1 Å². The maximum Gasteiger partial charge on any atom is 0.214 e. The van der Waals surface area contributed by atoms with Crippen molar-refractivity contribution in [3.8, 4) is 5.82 Å². The van der Waals surface area contributed by atoms with Crippen LogP contribution in [0.25, 0.3) is 16.9 Å². The molecule has 118 valence electrons. The normalized spacial score (nSPS) is 10.9. The highest BCUT2D eigenvalue weighted by Crippen LogP contribution is 2.28. The van der Waals surface area contributed by atoms with Gasteiger partial charge >= 0.3 is 0 Å². The number of fused-ring (bicyclic) bond motifs is 1. The van der Waals surface area contributed by atoms with Crippen molar-refractivity contribution in [2.75, 3.05) is 5.32 Å². The number of nitrogens with one attached hydrogen (secondary N) is 1. The Hall–Kier alpha value is -2.63. The van der Waals surface area contributed by atoms with Crippen LogP contribution in [0, 0.1) is 0 Å². The zero-order chi connectivity index (χ0) is 16.5. The fraction of sp³-hybridized carbons (Fsp3) is 0. The van der Waals surface area contributed by atoms with Crippen LogP contribution < -0.4 is 5.32 Å². The van der Waals surface area contributed by atoms with Crippen LogP contribution in [-0.2, 0) is 0 Å². The van der Waals surface area contributed by atoms with E-state index in [4.69, 9.17) is 23.2 Å². The minimum atomic E-state index is 0.551. The monoisotopic (exact) mass is 355 g/mol. The maximum absolute atomic E-state index is 6.08. The summed E-state index contributed by atoms with van der Waals surface area (Å²) in [6.07, 6.45) is 3.20. The standard InChI is InChI=1S/C17H11Cl2N5/c18-11-7-12(19)9-13(8-11)22-17-23-14-3-1-2-4-15(14)24(17)16-5-6-20-10-21-16/h1-10H,(H,22,23). The van der Waals surface area contributed by atoms with Crippen LogP contribution in [0.2, 0.25) is 10.0 Å². The van der Waals surface area contributed by atoms with Crippen molar-refractivity contribution in [2.45, 2.75) is 0 Å². The van der Waals surface area contributed by atoms with Crippen molar-refractivity contribution in [3.05, 3.63) is 71.1 Å². The lowest BCUT2D eigenvalue weighted by Crippen LogP contribution is -2.03. The second-order valence-corrected chi connectivity index (χ2v) is 5.98. The highest BCUT2D eigenvalue weighted by Gasteiger charge is 2.13. The van der Waals surface area contributed by atoms with Crippen LogP contribution in [0.4, 0.5) is 11.6 Å². The van der Waals surface area contributed by atoms with Gasteiger partial charge in [0.15, 0.2) is 0 Å². The Morgan fingerprint density at radius 1 is 0.958 bits per heavy atom. The molecule has 1 N–H and O–H groups in total. The predicted molar refractivity (Wildman–Crippen MR) is 96.4 cm³/mol. The summed E-state index contributed by atoms with van der Waals surface area (Å²) in [6, 6.07) is 14.9. The van der Waals surface area contributed by atoms with Crippen molar-refractivity contribution in [1.29, 1.82) is 0 Å². The largest absolute Gasteiger partial charge is 0.325 e. The quantitative estimate of drug-likeness (QED) is 0.569. The van der Waals surface area contributed by atoms with E-state index in [9.17, 15) is 0 Å². The molecule has 0 radical (unpaired) electrons. The van der Waals surface area contributed by atoms with Gasteiger partial charge in [0.25, 0.3) is 0 Å². The van der Waals surface area contributed by atoms with Gasteiger partial charge in [-0.3, -0.25) is 4.57 Å². The molecule has 0 amide bonds. The zero-order valence-corrected chi connectivity index (χ0v) is 13.8. The number of rotatable bonds is 3. The van der Waals surface area contributed by atoms with Crippen LogP contribution in [0.1, 0.15) is 0 Å². The van der Waals surface area contributed by atoms with Gasteiger partial charge in [-0.25, -0.2) is 15.0 Å². The van der Waals surface area contributed by atoms with Gasteiger partial charge in [0.05, 0.1) is 11.0 Å². The summed E-state index contributed by atoms with van der Waals surface area (Å²) in [5, 5.41) is 4.37. The van der Waals surface area contributed by atoms with E-state index in [-0.39, 0.29) is 0 Å². The summed E-state index contributed by atoms with van der Waals surface area (Å²) >= 11 is 12.2. The maximum atomic E-state index is 6.08. The molecular formula is C17H11Cl2N5. The number of para-hydroxylation sites is 2. The lowest BCUT2D eigenvalue weighted by atomic mass is 10.3. The molecule has 0 bridgehead atoms. The molecular weight excluding hydrogens is 345 g/mol. The molecule has 0 saturated heterocycles. The van der Waals surface area contributed by atoms with E-state index in [0.717, 1.165) is 16.7 Å². The summed E-state index contributed by atoms with van der Waals surface area (Å²) in [6.45, 7) is 0. The third kappa shape index (κ3) is 2.79. The Morgan fingerprint density at radius 2 is 1.75 bits per heavy atom. The van der Waals surface area contributed by atoms with E-state index in [2.05, 4.69) is 20.3 Å². The van der Waals surface area contributed by atoms with Gasteiger partial charge in [-0.05, 0) is 36.4 Å². The number of nitrogens with zero attached hydrogens (tertiary/aromatic N) is 4. The Balaban J connectivity index is 1.88. The number of benzene rings is 2. The first-order chi connectivity index (χ1) is 11.7. The molecule has 0 fully saturated rings. The molecule has 0 aliphatic rings. The number of hydrogen-bond acceptors (Lipinski definition) is 4. The van der Waals surface area contributed by atoms with E-state index in [1.807, 2.05) is 34.9 Å². The fourth-order valence-electron chi connectivity index (χ4n) is 2.51. The molecule has 4 rings (SSSR count). The van der Waals surface area contributed by atoms with Crippen LogP contribution >= 0.6 is 23.2 Å². The number of anilines is 2. The number of imidazole rings is 1. The first kappa shape index (κ1) is 14.9. The third-order valence-corrected chi connectivity index (χ3v) is 3.91. The number of aromatic nitrogens is 4. The molecule has 2 heterocycles. The second-order valence-electron chi connectivity index (χ2n) is 5.11. The molecule has 2 aromatic carbocycles. The van der Waals surface area contributed by atoms with Crippen LogP contribution in [0.5, 0.6) is 0 Å². The molecule has 0 aliphatic carbocycles. The SMILES string of the molecule is Clc1cc(Cl)cc(Nc2nc3ccccc3n2-c2ccncn2)c1. The van der Waals surface area contributed by atoms with Crippen molar-refractivity contribution >= 4 is 45.9 Å². The Kier molecular flexibility index (Phi) is 3.80. The van der Waals surface area contributed by atoms with Gasteiger partial charge in [-0.15, -0.1) is 0 Å². The highest BCUT2D eigenvalue weighted by atomic mass is 35.5. The second kappa shape index (κ2) is 6.11. The first-order valence-electron chi connectivity index (χ1n) is 7.18. The highest BCUT2D eigenvalue weighted by molar-refractivity contribution is 6.35. The zero-order valence-electron chi connectivity index (χ0n) is 12.3. The van der Waals surface area contributed by atoms with Crippen molar-refractivity contribution in [2.24, 2.45) is 0 Å². The van der Waals surface area contributed by atoms with Crippen LogP contribution in [0.15, 0.2) is 61.1 Å². The van der Waals surface area contributed by atoms with Crippen molar-refractivity contribution in [3.63, 3.8) is 0 Å². The minimum Gasteiger partial charge on any atom is -0.325 e. The Morgan fingerprint density at radius 3 is 2.50 bits per heavy atom. The summed E-state index contributed by atoms with van der Waals surface area (Å²) in [5.41, 5.74) is 2.54.